The van der Waals surface area contributed by atoms with E-state index in [1.807, 2.05) is 0 Å². The van der Waals surface area contributed by atoms with Crippen LogP contribution in [0.1, 0.15) is 112 Å². The van der Waals surface area contributed by atoms with E-state index in [9.17, 15) is 9.59 Å². The molecule has 1 aromatic rings. The van der Waals surface area contributed by atoms with E-state index >= 15 is 0 Å². The summed E-state index contributed by atoms with van der Waals surface area (Å²) in [7, 11) is 0. The minimum atomic E-state index is -0.201. The topological polar surface area (TPSA) is 52.6 Å². The lowest BCUT2D eigenvalue weighted by molar-refractivity contribution is -0.325. The lowest BCUT2D eigenvalue weighted by Gasteiger charge is -2.80. The second-order valence-electron chi connectivity index (χ2n) is 15.1. The third kappa shape index (κ3) is 3.15. The largest absolute Gasteiger partial charge is 0.460 e. The van der Waals surface area contributed by atoms with E-state index in [0.717, 1.165) is 73.9 Å². The Morgan fingerprint density at radius 2 is 1.27 bits per heavy atom. The zero-order chi connectivity index (χ0) is 27.6. The molecule has 11 rings (SSSR count). The summed E-state index contributed by atoms with van der Waals surface area (Å²) in [6.45, 7) is 7.33. The van der Waals surface area contributed by atoms with E-state index < -0.39 is 0 Å². The Labute approximate surface area is 247 Å². The van der Waals surface area contributed by atoms with Crippen molar-refractivity contribution in [2.24, 2.45) is 51.8 Å². The van der Waals surface area contributed by atoms with Crippen molar-refractivity contribution < 1.29 is 19.1 Å². The van der Waals surface area contributed by atoms with Gasteiger partial charge in [-0.15, -0.1) is 0 Å². The summed E-state index contributed by atoms with van der Waals surface area (Å²) in [4.78, 5) is 27.4. The van der Waals surface area contributed by atoms with Crippen LogP contribution in [-0.4, -0.2) is 11.9 Å². The molecule has 5 heteroatoms. The molecule has 0 aromatic heterocycles. The van der Waals surface area contributed by atoms with Crippen molar-refractivity contribution in [2.75, 3.05) is 0 Å². The van der Waals surface area contributed by atoms with Gasteiger partial charge in [0.1, 0.15) is 13.2 Å². The number of alkyl halides is 1. The number of esters is 2. The van der Waals surface area contributed by atoms with Gasteiger partial charge in [-0.25, -0.2) is 0 Å². The molecule has 10 aliphatic rings. The lowest BCUT2D eigenvalue weighted by Crippen LogP contribution is -2.77. The second kappa shape index (κ2) is 8.83. The van der Waals surface area contributed by atoms with Crippen LogP contribution >= 0.6 is 15.9 Å². The number of hydrogen-bond donors (Lipinski definition) is 0. The van der Waals surface area contributed by atoms with Crippen molar-refractivity contribution in [1.82, 2.24) is 0 Å². The van der Waals surface area contributed by atoms with Gasteiger partial charge in [0, 0.05) is 5.33 Å². The fourth-order valence-corrected chi connectivity index (χ4v) is 13.6. The van der Waals surface area contributed by atoms with Gasteiger partial charge < -0.3 is 9.47 Å². The van der Waals surface area contributed by atoms with Crippen LogP contribution < -0.4 is 0 Å². The van der Waals surface area contributed by atoms with Gasteiger partial charge in [0.25, 0.3) is 0 Å². The molecular formula is C35H45BrO4. The predicted molar refractivity (Wildman–Crippen MR) is 157 cm³/mol. The Bertz CT molecular complexity index is 1280. The maximum Gasteiger partial charge on any atom is 0.312 e. The van der Waals surface area contributed by atoms with Crippen molar-refractivity contribution >= 4 is 27.9 Å². The van der Waals surface area contributed by atoms with Crippen molar-refractivity contribution in [3.05, 3.63) is 33.4 Å². The fourth-order valence-electron chi connectivity index (χ4n) is 13.0. The van der Waals surface area contributed by atoms with Crippen molar-refractivity contribution in [1.29, 1.82) is 0 Å². The monoisotopic (exact) mass is 608 g/mol. The Kier molecular flexibility index (Phi) is 5.80. The first-order valence-corrected chi connectivity index (χ1v) is 17.5. The van der Waals surface area contributed by atoms with E-state index in [2.05, 4.69) is 36.7 Å². The SMILES string of the molecule is CCc1c(CBr)c(CC)c(COC(=O)C23CC4CC5CC(C4)(C2)C53)c(CC)c1COC(=O)C12CC3CC1CC3C2. The maximum atomic E-state index is 13.8. The smallest absolute Gasteiger partial charge is 0.312 e. The third-order valence-electron chi connectivity index (χ3n) is 13.8. The van der Waals surface area contributed by atoms with Gasteiger partial charge >= 0.3 is 11.9 Å². The first-order chi connectivity index (χ1) is 19.3. The molecule has 10 aliphatic carbocycles. The number of carbonyl (C=O) groups excluding carboxylic acids is 2. The van der Waals surface area contributed by atoms with Crippen LogP contribution in [-0.2, 0) is 56.9 Å². The molecule has 10 saturated carbocycles. The van der Waals surface area contributed by atoms with Crippen LogP contribution in [0.2, 0.25) is 0 Å². The van der Waals surface area contributed by atoms with Crippen LogP contribution in [0, 0.1) is 51.8 Å². The molecular weight excluding hydrogens is 564 g/mol. The van der Waals surface area contributed by atoms with Gasteiger partial charge in [-0.05, 0) is 151 Å². The van der Waals surface area contributed by atoms with E-state index in [1.165, 1.54) is 65.5 Å². The van der Waals surface area contributed by atoms with Gasteiger partial charge in [0.2, 0.25) is 0 Å². The summed E-state index contributed by atoms with van der Waals surface area (Å²) in [5, 5.41) is 0.762. The molecule has 10 fully saturated rings. The molecule has 1 aromatic carbocycles. The third-order valence-corrected chi connectivity index (χ3v) is 14.4. The molecule has 7 unspecified atom stereocenters. The highest BCUT2D eigenvalue weighted by Gasteiger charge is 2.80. The zero-order valence-corrected chi connectivity index (χ0v) is 26.2. The van der Waals surface area contributed by atoms with Gasteiger partial charge in [0.15, 0.2) is 0 Å². The number of hydrogen-bond acceptors (Lipinski definition) is 4. The molecule has 40 heavy (non-hydrogen) atoms. The van der Waals surface area contributed by atoms with Crippen molar-refractivity contribution in [3.8, 4) is 0 Å². The summed E-state index contributed by atoms with van der Waals surface area (Å²) >= 11 is 3.80. The van der Waals surface area contributed by atoms with Crippen molar-refractivity contribution in [2.45, 2.75) is 116 Å². The Morgan fingerprint density at radius 1 is 0.700 bits per heavy atom. The predicted octanol–water partition coefficient (Wildman–Crippen LogP) is 7.62. The molecule has 0 heterocycles. The Hall–Kier alpha value is -1.36. The van der Waals surface area contributed by atoms with Crippen LogP contribution in [0.25, 0.3) is 0 Å². The second-order valence-corrected chi connectivity index (χ2v) is 15.7. The molecule has 0 aliphatic heterocycles. The van der Waals surface area contributed by atoms with Gasteiger partial charge in [0.05, 0.1) is 10.8 Å². The summed E-state index contributed by atoms with van der Waals surface area (Å²) in [6.07, 6.45) is 13.4. The van der Waals surface area contributed by atoms with Crippen LogP contribution in [0.15, 0.2) is 0 Å². The fraction of sp³-hybridized carbons (Fsp3) is 0.771. The Balaban J connectivity index is 1.07. The standard InChI is InChI=1S/C35H45BrO4/c1-4-24-27(15-36)25(5-2)29(17-40-32(38)35-11-19-7-22-12-33(10-19,18-35)30(22)35)26(6-3)28(24)16-39-31(37)34-13-20-8-23(34)9-21(20)14-34/h19-23,30H,4-18H2,1-3H3. The summed E-state index contributed by atoms with van der Waals surface area (Å²) in [5.74, 6) is 4.32. The summed E-state index contributed by atoms with van der Waals surface area (Å²) < 4.78 is 12.6. The quantitative estimate of drug-likeness (QED) is 0.202. The molecule has 9 bridgehead atoms. The molecule has 1 spiro atoms. The Morgan fingerprint density at radius 3 is 1.75 bits per heavy atom. The van der Waals surface area contributed by atoms with E-state index in [-0.39, 0.29) is 22.8 Å². The molecule has 7 atom stereocenters. The molecule has 4 nitrogen and oxygen atoms in total. The number of ether oxygens (including phenoxy) is 2. The van der Waals surface area contributed by atoms with Gasteiger partial charge in [-0.1, -0.05) is 36.7 Å². The van der Waals surface area contributed by atoms with E-state index in [1.54, 1.807) is 0 Å². The molecule has 0 N–H and O–H groups in total. The number of rotatable bonds is 10. The highest BCUT2D eigenvalue weighted by atomic mass is 79.9. The first-order valence-electron chi connectivity index (χ1n) is 16.4. The van der Waals surface area contributed by atoms with Crippen LogP contribution in [0.3, 0.4) is 0 Å². The zero-order valence-electron chi connectivity index (χ0n) is 24.6. The average molecular weight is 610 g/mol. The number of benzene rings is 1. The molecule has 0 amide bonds. The van der Waals surface area contributed by atoms with Crippen LogP contribution in [0.4, 0.5) is 0 Å². The molecule has 0 radical (unpaired) electrons. The highest BCUT2D eigenvalue weighted by Crippen LogP contribution is 2.84. The minimum absolute atomic E-state index is 0.0565. The van der Waals surface area contributed by atoms with E-state index in [0.29, 0.717) is 30.5 Å². The van der Waals surface area contributed by atoms with Gasteiger partial charge in [-0.3, -0.25) is 9.59 Å². The number of carbonyl (C=O) groups is 2. The molecule has 0 saturated heterocycles. The van der Waals surface area contributed by atoms with Crippen LogP contribution in [0.5, 0.6) is 0 Å². The maximum absolute atomic E-state index is 13.8. The summed E-state index contributed by atoms with van der Waals surface area (Å²) in [6, 6.07) is 0. The minimum Gasteiger partial charge on any atom is -0.460 e. The lowest BCUT2D eigenvalue weighted by atomic mass is 9.23. The van der Waals surface area contributed by atoms with Crippen molar-refractivity contribution in [3.63, 3.8) is 0 Å². The number of halogens is 1. The first kappa shape index (κ1) is 26.3. The normalized spacial score (nSPS) is 42.2. The average Bonchev–Trinajstić information content (AvgIpc) is 3.69. The summed E-state index contributed by atoms with van der Waals surface area (Å²) in [5.41, 5.74) is 7.63. The molecule has 216 valence electrons. The van der Waals surface area contributed by atoms with Gasteiger partial charge in [-0.2, -0.15) is 0 Å². The highest BCUT2D eigenvalue weighted by molar-refractivity contribution is 9.08. The van der Waals surface area contributed by atoms with E-state index in [4.69, 9.17) is 9.47 Å².